The van der Waals surface area contributed by atoms with Crippen molar-refractivity contribution in [3.05, 3.63) is 35.6 Å². The van der Waals surface area contributed by atoms with Gasteiger partial charge >= 0.3 is 5.97 Å². The van der Waals surface area contributed by atoms with Gasteiger partial charge in [-0.3, -0.25) is 14.6 Å². The summed E-state index contributed by atoms with van der Waals surface area (Å²) in [5, 5.41) is 8.79. The number of carbonyl (C=O) groups is 3. The van der Waals surface area contributed by atoms with Crippen molar-refractivity contribution in [1.82, 2.24) is 0 Å². The monoisotopic (exact) mass is 231 g/mol. The second-order valence-corrected chi connectivity index (χ2v) is 3.76. The van der Waals surface area contributed by atoms with Gasteiger partial charge in [-0.1, -0.05) is 12.2 Å². The lowest BCUT2D eigenvalue weighted by molar-refractivity contribution is -0.134. The van der Waals surface area contributed by atoms with E-state index in [0.29, 0.717) is 11.3 Å². The second-order valence-electron chi connectivity index (χ2n) is 3.76. The molecule has 5 nitrogen and oxygen atoms in total. The third-order valence-corrected chi connectivity index (χ3v) is 2.62. The van der Waals surface area contributed by atoms with Gasteiger partial charge in [-0.15, -0.1) is 0 Å². The van der Waals surface area contributed by atoms with Crippen LogP contribution >= 0.6 is 0 Å². The maximum Gasteiger partial charge on any atom is 0.340 e. The normalized spacial score (nSPS) is 22.3. The Labute approximate surface area is 96.8 Å². The minimum Gasteiger partial charge on any atom is -0.478 e. The van der Waals surface area contributed by atoms with E-state index in [0.717, 1.165) is 6.20 Å². The number of carboxylic acids is 1. The van der Waals surface area contributed by atoms with E-state index in [9.17, 15) is 14.4 Å². The van der Waals surface area contributed by atoms with Gasteiger partial charge in [-0.2, -0.15) is 0 Å². The van der Waals surface area contributed by atoms with Crippen LogP contribution in [0.2, 0.25) is 0 Å². The summed E-state index contributed by atoms with van der Waals surface area (Å²) >= 11 is 0. The lowest BCUT2D eigenvalue weighted by atomic mass is 9.85. The average Bonchev–Trinajstić information content (AvgIpc) is 2.28. The topological polar surface area (TPSA) is 83.8 Å². The van der Waals surface area contributed by atoms with E-state index >= 15 is 0 Å². The third-order valence-electron chi connectivity index (χ3n) is 2.62. The lowest BCUT2D eigenvalue weighted by Gasteiger charge is -2.19. The molecule has 0 saturated heterocycles. The van der Waals surface area contributed by atoms with Gasteiger partial charge in [0.1, 0.15) is 5.57 Å². The smallest absolute Gasteiger partial charge is 0.340 e. The number of carboxylic acid groups (broad SMARTS) is 1. The number of nitrogens with zero attached hydrogens (tertiary/aromatic N) is 1. The molecule has 0 aromatic rings. The standard InChI is InChI=1S/C12H9NO4/c1-6(14)7-2-3-8-10(4-7)13-5-9(11(8)15)12(16)17/h2-5,8H,1H3,(H,16,17). The minimum atomic E-state index is -1.28. The Morgan fingerprint density at radius 2 is 2.12 bits per heavy atom. The number of hydrogen-bond acceptors (Lipinski definition) is 4. The first-order valence-corrected chi connectivity index (χ1v) is 4.97. The fraction of sp³-hybridized carbons (Fsp3) is 0.167. The van der Waals surface area contributed by atoms with E-state index in [1.165, 1.54) is 25.2 Å². The van der Waals surface area contributed by atoms with Crippen LogP contribution in [0.3, 0.4) is 0 Å². The molecule has 0 bridgehead atoms. The molecule has 0 amide bonds. The van der Waals surface area contributed by atoms with Crippen LogP contribution in [0.15, 0.2) is 40.6 Å². The summed E-state index contributed by atoms with van der Waals surface area (Å²) in [5.41, 5.74) is 0.538. The summed E-state index contributed by atoms with van der Waals surface area (Å²) in [6, 6.07) is 0. The van der Waals surface area contributed by atoms with Crippen LogP contribution in [0.5, 0.6) is 0 Å². The Bertz CT molecular complexity index is 549. The van der Waals surface area contributed by atoms with Crippen LogP contribution in [-0.2, 0) is 14.4 Å². The Morgan fingerprint density at radius 1 is 1.41 bits per heavy atom. The molecule has 5 heteroatoms. The van der Waals surface area contributed by atoms with E-state index in [-0.39, 0.29) is 11.4 Å². The maximum atomic E-state index is 11.8. The number of allylic oxidation sites excluding steroid dienone is 4. The molecular formula is C12H9NO4. The Balaban J connectivity index is 2.43. The molecule has 0 radical (unpaired) electrons. The Hall–Kier alpha value is -2.30. The molecule has 17 heavy (non-hydrogen) atoms. The first kappa shape index (κ1) is 11.2. The number of carbonyl (C=O) groups excluding carboxylic acids is 2. The number of aliphatic carboxylic acids is 1. The van der Waals surface area contributed by atoms with E-state index in [1.54, 1.807) is 0 Å². The molecule has 0 saturated carbocycles. The first-order valence-electron chi connectivity index (χ1n) is 4.97. The van der Waals surface area contributed by atoms with Crippen molar-refractivity contribution < 1.29 is 19.5 Å². The quantitative estimate of drug-likeness (QED) is 0.708. The molecule has 0 aromatic carbocycles. The van der Waals surface area contributed by atoms with E-state index in [2.05, 4.69) is 4.99 Å². The first-order chi connectivity index (χ1) is 8.00. The molecule has 0 aromatic heterocycles. The van der Waals surface area contributed by atoms with Gasteiger partial charge in [-0.05, 0) is 13.0 Å². The predicted molar refractivity (Wildman–Crippen MR) is 59.6 cm³/mol. The summed E-state index contributed by atoms with van der Waals surface area (Å²) in [6.45, 7) is 1.42. The molecule has 1 aliphatic carbocycles. The molecule has 1 unspecified atom stereocenters. The van der Waals surface area contributed by atoms with Crippen LogP contribution in [-0.4, -0.2) is 28.4 Å². The van der Waals surface area contributed by atoms with Crippen LogP contribution in [0.25, 0.3) is 0 Å². The molecule has 1 atom stereocenters. The van der Waals surface area contributed by atoms with Crippen LogP contribution in [0, 0.1) is 5.92 Å². The molecule has 2 aliphatic rings. The zero-order chi connectivity index (χ0) is 12.6. The van der Waals surface area contributed by atoms with Gasteiger partial charge in [-0.25, -0.2) is 4.79 Å². The maximum absolute atomic E-state index is 11.8. The van der Waals surface area contributed by atoms with Gasteiger partial charge < -0.3 is 5.11 Å². The SMILES string of the molecule is CC(=O)C1=CC2=NC=C(C(=O)O)C(=O)C2C=C1. The lowest BCUT2D eigenvalue weighted by Crippen LogP contribution is -2.30. The van der Waals surface area contributed by atoms with Gasteiger partial charge in [0.05, 0.1) is 11.6 Å². The van der Waals surface area contributed by atoms with Crippen LogP contribution < -0.4 is 0 Å². The van der Waals surface area contributed by atoms with E-state index in [1.807, 2.05) is 0 Å². The zero-order valence-corrected chi connectivity index (χ0v) is 9.01. The third kappa shape index (κ3) is 1.87. The second kappa shape index (κ2) is 3.93. The fourth-order valence-electron chi connectivity index (χ4n) is 1.68. The number of Topliss-reactive ketones (excluding diaryl/α,β-unsaturated/α-hetero) is 2. The average molecular weight is 231 g/mol. The highest BCUT2D eigenvalue weighted by Crippen LogP contribution is 2.23. The van der Waals surface area contributed by atoms with Gasteiger partial charge in [0.2, 0.25) is 0 Å². The fourth-order valence-corrected chi connectivity index (χ4v) is 1.68. The predicted octanol–water partition coefficient (Wildman–Crippen LogP) is 0.680. The van der Waals surface area contributed by atoms with Gasteiger partial charge in [0.15, 0.2) is 11.6 Å². The molecule has 2 rings (SSSR count). The van der Waals surface area contributed by atoms with Crippen molar-refractivity contribution >= 4 is 23.2 Å². The van der Waals surface area contributed by atoms with Crippen LogP contribution in [0.1, 0.15) is 6.92 Å². The number of rotatable bonds is 2. The van der Waals surface area contributed by atoms with Gasteiger partial charge in [0.25, 0.3) is 0 Å². The summed E-state index contributed by atoms with van der Waals surface area (Å²) in [7, 11) is 0. The van der Waals surface area contributed by atoms with Crippen molar-refractivity contribution in [2.24, 2.45) is 10.9 Å². The highest BCUT2D eigenvalue weighted by Gasteiger charge is 2.32. The summed E-state index contributed by atoms with van der Waals surface area (Å²) in [6.07, 6.45) is 5.58. The van der Waals surface area contributed by atoms with Crippen LogP contribution in [0.4, 0.5) is 0 Å². The van der Waals surface area contributed by atoms with Crippen molar-refractivity contribution in [2.45, 2.75) is 6.92 Å². The largest absolute Gasteiger partial charge is 0.478 e. The number of aliphatic imine (C=N–C) groups is 1. The van der Waals surface area contributed by atoms with Crippen molar-refractivity contribution in [3.63, 3.8) is 0 Å². The van der Waals surface area contributed by atoms with E-state index in [4.69, 9.17) is 5.11 Å². The van der Waals surface area contributed by atoms with Crippen molar-refractivity contribution in [2.75, 3.05) is 0 Å². The number of ketones is 2. The Kier molecular flexibility index (Phi) is 2.59. The number of hydrogen-bond donors (Lipinski definition) is 1. The highest BCUT2D eigenvalue weighted by molar-refractivity contribution is 6.29. The van der Waals surface area contributed by atoms with Gasteiger partial charge in [0, 0.05) is 11.8 Å². The summed E-state index contributed by atoms with van der Waals surface area (Å²) in [4.78, 5) is 37.6. The summed E-state index contributed by atoms with van der Waals surface area (Å²) in [5.74, 6) is -2.60. The molecule has 86 valence electrons. The summed E-state index contributed by atoms with van der Waals surface area (Å²) < 4.78 is 0. The molecular weight excluding hydrogens is 222 g/mol. The molecule has 0 spiro atoms. The van der Waals surface area contributed by atoms with E-state index < -0.39 is 17.7 Å². The molecule has 1 heterocycles. The minimum absolute atomic E-state index is 0.122. The number of fused-ring (bicyclic) bond motifs is 1. The molecule has 0 fully saturated rings. The molecule has 1 aliphatic heterocycles. The highest BCUT2D eigenvalue weighted by atomic mass is 16.4. The van der Waals surface area contributed by atoms with Crippen molar-refractivity contribution in [3.8, 4) is 0 Å². The van der Waals surface area contributed by atoms with Crippen molar-refractivity contribution in [1.29, 1.82) is 0 Å². The molecule has 1 N–H and O–H groups in total. The Morgan fingerprint density at radius 3 is 2.71 bits per heavy atom. The zero-order valence-electron chi connectivity index (χ0n) is 9.01.